The second-order valence-electron chi connectivity index (χ2n) is 6.02. The molecule has 0 N–H and O–H groups in total. The van der Waals surface area contributed by atoms with E-state index in [0.717, 1.165) is 12.1 Å². The van der Waals surface area contributed by atoms with Gasteiger partial charge in [-0.3, -0.25) is 9.79 Å². The highest BCUT2D eigenvalue weighted by molar-refractivity contribution is 6.07. The molecule has 0 bridgehead atoms. The van der Waals surface area contributed by atoms with Gasteiger partial charge in [-0.2, -0.15) is 13.2 Å². The van der Waals surface area contributed by atoms with Gasteiger partial charge in [0.1, 0.15) is 12.5 Å². The Morgan fingerprint density at radius 3 is 2.77 bits per heavy atom. The van der Waals surface area contributed by atoms with Crippen molar-refractivity contribution in [2.24, 2.45) is 10.9 Å². The summed E-state index contributed by atoms with van der Waals surface area (Å²) in [6.07, 6.45) is -4.54. The number of aliphatic imine (C=N–C) groups is 1. The number of carbonyl (C=O) groups is 2. The lowest BCUT2D eigenvalue weighted by atomic mass is 9.75. The topological polar surface area (TPSA) is 65.0 Å². The van der Waals surface area contributed by atoms with Crippen molar-refractivity contribution < 1.29 is 32.2 Å². The third-order valence-electron chi connectivity index (χ3n) is 4.39. The molecule has 0 saturated heterocycles. The fourth-order valence-corrected chi connectivity index (χ4v) is 3.30. The Kier molecular flexibility index (Phi) is 4.60. The average Bonchev–Trinajstić information content (AvgIpc) is 2.93. The lowest BCUT2D eigenvalue weighted by Gasteiger charge is -2.29. The third kappa shape index (κ3) is 3.11. The van der Waals surface area contributed by atoms with Crippen LogP contribution in [0.2, 0.25) is 0 Å². The maximum Gasteiger partial charge on any atom is 0.416 e. The number of halogens is 3. The second kappa shape index (κ2) is 6.59. The summed E-state index contributed by atoms with van der Waals surface area (Å²) in [6.45, 7) is 3.26. The summed E-state index contributed by atoms with van der Waals surface area (Å²) in [7, 11) is 0. The Morgan fingerprint density at radius 2 is 2.12 bits per heavy atom. The Balaban J connectivity index is 2.15. The molecule has 3 rings (SSSR count). The molecule has 2 atom stereocenters. The molecule has 0 aromatic heterocycles. The fourth-order valence-electron chi connectivity index (χ4n) is 3.30. The van der Waals surface area contributed by atoms with Gasteiger partial charge in [0.25, 0.3) is 0 Å². The van der Waals surface area contributed by atoms with Gasteiger partial charge in [-0.15, -0.1) is 0 Å². The number of hydrogen-bond donors (Lipinski definition) is 0. The molecule has 0 fully saturated rings. The van der Waals surface area contributed by atoms with Crippen LogP contribution in [0.4, 0.5) is 13.2 Å². The van der Waals surface area contributed by atoms with Crippen LogP contribution in [0, 0.1) is 5.92 Å². The lowest BCUT2D eigenvalue weighted by Crippen LogP contribution is -2.35. The first kappa shape index (κ1) is 18.2. The van der Waals surface area contributed by atoms with E-state index in [-0.39, 0.29) is 24.4 Å². The van der Waals surface area contributed by atoms with Gasteiger partial charge >= 0.3 is 18.1 Å². The largest absolute Gasteiger partial charge is 0.465 e. The zero-order valence-electron chi connectivity index (χ0n) is 14.1. The number of benzene rings is 1. The summed E-state index contributed by atoms with van der Waals surface area (Å²) in [4.78, 5) is 28.9. The Hall–Kier alpha value is -2.64. The van der Waals surface area contributed by atoms with Crippen LogP contribution in [0.3, 0.4) is 0 Å². The van der Waals surface area contributed by atoms with Crippen LogP contribution >= 0.6 is 0 Å². The average molecular weight is 367 g/mol. The molecule has 2 aliphatic rings. The van der Waals surface area contributed by atoms with E-state index in [0.29, 0.717) is 11.4 Å². The molecule has 1 aromatic carbocycles. The van der Waals surface area contributed by atoms with E-state index < -0.39 is 35.5 Å². The molecule has 0 radical (unpaired) electrons. The van der Waals surface area contributed by atoms with Crippen molar-refractivity contribution in [3.05, 3.63) is 46.7 Å². The van der Waals surface area contributed by atoms with E-state index in [2.05, 4.69) is 4.99 Å². The number of carbonyl (C=O) groups excluding carboxylic acids is 2. The number of alkyl halides is 3. The predicted molar refractivity (Wildman–Crippen MR) is 85.4 cm³/mol. The van der Waals surface area contributed by atoms with Gasteiger partial charge in [0.15, 0.2) is 0 Å². The summed E-state index contributed by atoms with van der Waals surface area (Å²) < 4.78 is 49.4. The van der Waals surface area contributed by atoms with Gasteiger partial charge < -0.3 is 9.47 Å². The predicted octanol–water partition coefficient (Wildman–Crippen LogP) is 3.25. The number of esters is 2. The van der Waals surface area contributed by atoms with E-state index in [1.54, 1.807) is 13.8 Å². The van der Waals surface area contributed by atoms with Crippen molar-refractivity contribution in [1.29, 1.82) is 0 Å². The highest BCUT2D eigenvalue weighted by atomic mass is 19.4. The number of nitrogens with zero attached hydrogens (tertiary/aromatic N) is 1. The van der Waals surface area contributed by atoms with Gasteiger partial charge in [-0.1, -0.05) is 18.2 Å². The monoisotopic (exact) mass is 367 g/mol. The number of hydrogen-bond acceptors (Lipinski definition) is 5. The normalized spacial score (nSPS) is 22.7. The van der Waals surface area contributed by atoms with Gasteiger partial charge in [0.2, 0.25) is 0 Å². The molecule has 2 unspecified atom stereocenters. The van der Waals surface area contributed by atoms with Gasteiger partial charge in [0, 0.05) is 11.6 Å². The molecular formula is C18H16F3NO4. The Labute approximate surface area is 147 Å². The SMILES string of the molecule is CCOC(=O)C1C(C)=NC2=C(C(=O)OC2)C1c1cccc(C(F)(F)F)c1. The molecule has 26 heavy (non-hydrogen) atoms. The number of rotatable bonds is 3. The molecule has 0 amide bonds. The van der Waals surface area contributed by atoms with Crippen LogP contribution in [0.25, 0.3) is 0 Å². The first-order valence-electron chi connectivity index (χ1n) is 8.03. The van der Waals surface area contributed by atoms with Crippen molar-refractivity contribution in [2.45, 2.75) is 25.9 Å². The summed E-state index contributed by atoms with van der Waals surface area (Å²) >= 11 is 0. The zero-order valence-corrected chi connectivity index (χ0v) is 14.1. The maximum absolute atomic E-state index is 13.1. The van der Waals surface area contributed by atoms with E-state index in [1.807, 2.05) is 0 Å². The molecule has 0 spiro atoms. The Morgan fingerprint density at radius 1 is 1.38 bits per heavy atom. The quantitative estimate of drug-likeness (QED) is 0.770. The number of ether oxygens (including phenoxy) is 2. The van der Waals surface area contributed by atoms with E-state index in [9.17, 15) is 22.8 Å². The van der Waals surface area contributed by atoms with Crippen LogP contribution in [-0.2, 0) is 25.2 Å². The first-order valence-corrected chi connectivity index (χ1v) is 8.03. The minimum atomic E-state index is -4.54. The Bertz CT molecular complexity index is 826. The van der Waals surface area contributed by atoms with Crippen molar-refractivity contribution in [3.8, 4) is 0 Å². The van der Waals surface area contributed by atoms with Gasteiger partial charge in [-0.25, -0.2) is 4.79 Å². The molecule has 0 aliphatic carbocycles. The van der Waals surface area contributed by atoms with Crippen molar-refractivity contribution in [2.75, 3.05) is 13.2 Å². The molecule has 8 heteroatoms. The molecule has 138 valence electrons. The third-order valence-corrected chi connectivity index (χ3v) is 4.39. The first-order chi connectivity index (χ1) is 12.2. The minimum Gasteiger partial charge on any atom is -0.465 e. The van der Waals surface area contributed by atoms with E-state index in [1.165, 1.54) is 12.1 Å². The lowest BCUT2D eigenvalue weighted by molar-refractivity contribution is -0.146. The van der Waals surface area contributed by atoms with Crippen LogP contribution in [-0.4, -0.2) is 30.9 Å². The maximum atomic E-state index is 13.1. The van der Waals surface area contributed by atoms with Crippen molar-refractivity contribution >= 4 is 17.7 Å². The van der Waals surface area contributed by atoms with Gasteiger partial charge in [-0.05, 0) is 25.5 Å². The summed E-state index contributed by atoms with van der Waals surface area (Å²) in [5.41, 5.74) is 0.177. The fraction of sp³-hybridized carbons (Fsp3) is 0.389. The molecule has 2 heterocycles. The van der Waals surface area contributed by atoms with Crippen LogP contribution < -0.4 is 0 Å². The van der Waals surface area contributed by atoms with E-state index >= 15 is 0 Å². The van der Waals surface area contributed by atoms with Crippen molar-refractivity contribution in [3.63, 3.8) is 0 Å². The highest BCUT2D eigenvalue weighted by Crippen LogP contribution is 2.43. The van der Waals surface area contributed by atoms with Crippen LogP contribution in [0.1, 0.15) is 30.9 Å². The summed E-state index contributed by atoms with van der Waals surface area (Å²) in [6, 6.07) is 4.60. The molecule has 0 saturated carbocycles. The van der Waals surface area contributed by atoms with Crippen molar-refractivity contribution in [1.82, 2.24) is 0 Å². The second-order valence-corrected chi connectivity index (χ2v) is 6.02. The van der Waals surface area contributed by atoms with Crippen LogP contribution in [0.5, 0.6) is 0 Å². The summed E-state index contributed by atoms with van der Waals surface area (Å²) in [5.74, 6) is -3.22. The van der Waals surface area contributed by atoms with Crippen LogP contribution in [0.15, 0.2) is 40.5 Å². The molecule has 5 nitrogen and oxygen atoms in total. The summed E-state index contributed by atoms with van der Waals surface area (Å²) in [5, 5.41) is 0. The molecule has 2 aliphatic heterocycles. The van der Waals surface area contributed by atoms with E-state index in [4.69, 9.17) is 9.47 Å². The highest BCUT2D eigenvalue weighted by Gasteiger charge is 2.46. The molecular weight excluding hydrogens is 351 g/mol. The van der Waals surface area contributed by atoms with Gasteiger partial charge in [0.05, 0.1) is 23.4 Å². The minimum absolute atomic E-state index is 0.0590. The standard InChI is InChI=1S/C18H16F3NO4/c1-3-25-16(23)13-9(2)22-12-8-26-17(24)15(12)14(13)10-5-4-6-11(7-10)18(19,20)21/h4-7,13-14H,3,8H2,1-2H3. The smallest absolute Gasteiger partial charge is 0.416 e. The zero-order chi connectivity index (χ0) is 19.1. The number of cyclic esters (lactones) is 1. The molecule has 1 aromatic rings.